The summed E-state index contributed by atoms with van der Waals surface area (Å²) in [6, 6.07) is 4.67. The minimum Gasteiger partial charge on any atom is -0.490 e. The molecule has 11 heteroatoms. The van der Waals surface area contributed by atoms with Crippen molar-refractivity contribution in [3.05, 3.63) is 59.2 Å². The number of carbonyl (C=O) groups excluding carboxylic acids is 1. The molecule has 1 aliphatic carbocycles. The number of ether oxygens (including phenoxy) is 1. The summed E-state index contributed by atoms with van der Waals surface area (Å²) in [6.07, 6.45) is -4.27. The van der Waals surface area contributed by atoms with Crippen LogP contribution in [0.25, 0.3) is 0 Å². The first-order valence-electron chi connectivity index (χ1n) is 10.7. The Labute approximate surface area is 193 Å². The Balaban J connectivity index is 1.85. The third-order valence-electron chi connectivity index (χ3n) is 6.72. The average molecular weight is 503 g/mol. The molecule has 1 heterocycles. The number of carbonyl (C=O) groups is 1. The van der Waals surface area contributed by atoms with Gasteiger partial charge in [-0.1, -0.05) is 0 Å². The Hall–Kier alpha value is -2.69. The second-order valence-electron chi connectivity index (χ2n) is 8.73. The average Bonchev–Trinajstić information content (AvgIpc) is 2.78. The summed E-state index contributed by atoms with van der Waals surface area (Å²) in [7, 11) is -4.49. The second kappa shape index (κ2) is 8.51. The predicted molar refractivity (Wildman–Crippen MR) is 112 cm³/mol. The highest BCUT2D eigenvalue weighted by atomic mass is 32.2. The molecule has 4 rings (SSSR count). The number of alkyl halides is 3. The fraction of sp³-hybridized carbons (Fsp3) is 0.435. The van der Waals surface area contributed by atoms with Crippen molar-refractivity contribution in [3.63, 3.8) is 0 Å². The number of fused-ring (bicyclic) bond motifs is 3. The maximum Gasteiger partial charge on any atom is 0.416 e. The standard InChI is InChI=1S/C23H22F5NO4S/c1-13(30)29-11-14-8-9-22(34(31,32)17-4-2-15(3-5-17)23(26,27)28)16(10-14)12-33-21-19(25)7-6-18(24)20(21)22/h2-7,14,16H,8-12H2,1H3,(H,29,30)/t14-,16-,22+/m1/s1. The zero-order chi connectivity index (χ0) is 24.9. The Morgan fingerprint density at radius 1 is 1.12 bits per heavy atom. The zero-order valence-corrected chi connectivity index (χ0v) is 18.9. The van der Waals surface area contributed by atoms with Crippen LogP contribution in [0.5, 0.6) is 5.75 Å². The molecule has 2 aliphatic rings. The minimum atomic E-state index is -4.66. The van der Waals surface area contributed by atoms with E-state index in [2.05, 4.69) is 5.32 Å². The van der Waals surface area contributed by atoms with Gasteiger partial charge < -0.3 is 10.1 Å². The number of hydrogen-bond acceptors (Lipinski definition) is 4. The molecule has 184 valence electrons. The summed E-state index contributed by atoms with van der Waals surface area (Å²) >= 11 is 0. The predicted octanol–water partition coefficient (Wildman–Crippen LogP) is 4.60. The van der Waals surface area contributed by atoms with E-state index in [1.165, 1.54) is 6.92 Å². The van der Waals surface area contributed by atoms with E-state index >= 15 is 4.39 Å². The number of benzene rings is 2. The lowest BCUT2D eigenvalue weighted by molar-refractivity contribution is -0.137. The lowest BCUT2D eigenvalue weighted by atomic mass is 9.69. The molecule has 0 radical (unpaired) electrons. The van der Waals surface area contributed by atoms with Crippen molar-refractivity contribution in [2.24, 2.45) is 11.8 Å². The zero-order valence-electron chi connectivity index (χ0n) is 18.1. The van der Waals surface area contributed by atoms with Crippen molar-refractivity contribution in [1.29, 1.82) is 0 Å². The molecule has 1 aliphatic heterocycles. The van der Waals surface area contributed by atoms with Crippen molar-refractivity contribution in [3.8, 4) is 5.75 Å². The Kier molecular flexibility index (Phi) is 6.12. The van der Waals surface area contributed by atoms with E-state index in [1.54, 1.807) is 0 Å². The molecule has 0 bridgehead atoms. The molecular formula is C23H22F5NO4S. The highest BCUT2D eigenvalue weighted by molar-refractivity contribution is 7.92. The lowest BCUT2D eigenvalue weighted by Gasteiger charge is -2.49. The Bertz CT molecular complexity index is 1210. The highest BCUT2D eigenvalue weighted by Gasteiger charge is 2.59. The molecule has 5 nitrogen and oxygen atoms in total. The van der Waals surface area contributed by atoms with Crippen LogP contribution >= 0.6 is 0 Å². The van der Waals surface area contributed by atoms with E-state index in [1.807, 2.05) is 0 Å². The number of rotatable bonds is 4. The molecule has 2 aromatic rings. The van der Waals surface area contributed by atoms with Gasteiger partial charge in [-0.05, 0) is 61.6 Å². The van der Waals surface area contributed by atoms with Crippen LogP contribution in [0, 0.1) is 23.5 Å². The normalized spacial score (nSPS) is 24.5. The summed E-state index contributed by atoms with van der Waals surface area (Å²) in [5.41, 5.74) is -1.45. The van der Waals surface area contributed by atoms with Gasteiger partial charge in [-0.2, -0.15) is 13.2 Å². The highest BCUT2D eigenvalue weighted by Crippen LogP contribution is 2.57. The molecule has 0 unspecified atom stereocenters. The van der Waals surface area contributed by atoms with Gasteiger partial charge in [-0.15, -0.1) is 0 Å². The number of amides is 1. The van der Waals surface area contributed by atoms with Gasteiger partial charge in [0.05, 0.1) is 22.6 Å². The first kappa shape index (κ1) is 24.4. The maximum atomic E-state index is 15.2. The molecule has 1 fully saturated rings. The maximum absolute atomic E-state index is 15.2. The Morgan fingerprint density at radius 2 is 1.76 bits per heavy atom. The molecule has 34 heavy (non-hydrogen) atoms. The van der Waals surface area contributed by atoms with Crippen molar-refractivity contribution in [2.45, 2.75) is 42.0 Å². The number of nitrogens with one attached hydrogen (secondary N) is 1. The summed E-state index contributed by atoms with van der Waals surface area (Å²) in [6.45, 7) is 1.41. The van der Waals surface area contributed by atoms with Gasteiger partial charge in [-0.25, -0.2) is 17.2 Å². The van der Waals surface area contributed by atoms with Gasteiger partial charge in [0.15, 0.2) is 21.4 Å². The first-order chi connectivity index (χ1) is 15.9. The molecular weight excluding hydrogens is 481 g/mol. The monoisotopic (exact) mass is 503 g/mol. The molecule has 2 aromatic carbocycles. The van der Waals surface area contributed by atoms with Crippen LogP contribution in [0.3, 0.4) is 0 Å². The van der Waals surface area contributed by atoms with Crippen molar-refractivity contribution < 1.29 is 39.9 Å². The van der Waals surface area contributed by atoms with Gasteiger partial charge >= 0.3 is 6.18 Å². The summed E-state index contributed by atoms with van der Waals surface area (Å²) in [4.78, 5) is 10.9. The second-order valence-corrected chi connectivity index (χ2v) is 10.9. The molecule has 1 amide bonds. The lowest BCUT2D eigenvalue weighted by Crippen LogP contribution is -2.53. The smallest absolute Gasteiger partial charge is 0.416 e. The fourth-order valence-corrected chi connectivity index (χ4v) is 7.48. The molecule has 1 saturated carbocycles. The van der Waals surface area contributed by atoms with E-state index in [-0.39, 0.29) is 44.2 Å². The Morgan fingerprint density at radius 3 is 2.38 bits per heavy atom. The van der Waals surface area contributed by atoms with Crippen molar-refractivity contribution in [1.82, 2.24) is 5.32 Å². The van der Waals surface area contributed by atoms with Gasteiger partial charge in [-0.3, -0.25) is 4.79 Å². The van der Waals surface area contributed by atoms with Gasteiger partial charge in [0, 0.05) is 19.4 Å². The van der Waals surface area contributed by atoms with Crippen LogP contribution in [-0.4, -0.2) is 27.5 Å². The van der Waals surface area contributed by atoms with Crippen LogP contribution in [0.4, 0.5) is 22.0 Å². The quantitative estimate of drug-likeness (QED) is 0.620. The summed E-state index contributed by atoms with van der Waals surface area (Å²) in [5, 5.41) is 2.68. The summed E-state index contributed by atoms with van der Waals surface area (Å²) in [5.74, 6) is -3.57. The largest absolute Gasteiger partial charge is 0.490 e. The minimum absolute atomic E-state index is 0.109. The SMILES string of the molecule is CC(=O)NC[C@@H]1CC[C@@]2(S(=O)(=O)c3ccc(C(F)(F)F)cc3)c3c(F)ccc(F)c3OC[C@H]2C1. The first-order valence-corrected chi connectivity index (χ1v) is 12.1. The molecule has 0 saturated heterocycles. The van der Waals surface area contributed by atoms with Gasteiger partial charge in [0.25, 0.3) is 0 Å². The number of halogens is 5. The van der Waals surface area contributed by atoms with Gasteiger partial charge in [0.1, 0.15) is 10.6 Å². The third kappa shape index (κ3) is 3.93. The van der Waals surface area contributed by atoms with E-state index in [9.17, 15) is 30.8 Å². The van der Waals surface area contributed by atoms with E-state index in [0.29, 0.717) is 12.1 Å². The van der Waals surface area contributed by atoms with Crippen LogP contribution in [-0.2, 0) is 25.6 Å². The molecule has 0 spiro atoms. The van der Waals surface area contributed by atoms with Crippen LogP contribution in [0.2, 0.25) is 0 Å². The molecule has 3 atom stereocenters. The van der Waals surface area contributed by atoms with Gasteiger partial charge in [0.2, 0.25) is 5.91 Å². The molecule has 0 aromatic heterocycles. The van der Waals surface area contributed by atoms with E-state index in [0.717, 1.165) is 24.3 Å². The van der Waals surface area contributed by atoms with Crippen molar-refractivity contribution >= 4 is 15.7 Å². The fourth-order valence-electron chi connectivity index (χ4n) is 5.11. The van der Waals surface area contributed by atoms with Crippen LogP contribution in [0.1, 0.15) is 37.3 Å². The van der Waals surface area contributed by atoms with E-state index < -0.39 is 60.1 Å². The summed E-state index contributed by atoms with van der Waals surface area (Å²) < 4.78 is 100. The third-order valence-corrected chi connectivity index (χ3v) is 9.32. The number of sulfone groups is 1. The topological polar surface area (TPSA) is 72.5 Å². The van der Waals surface area contributed by atoms with Crippen LogP contribution < -0.4 is 10.1 Å². The number of hydrogen-bond donors (Lipinski definition) is 1. The van der Waals surface area contributed by atoms with Crippen molar-refractivity contribution in [2.75, 3.05) is 13.2 Å². The van der Waals surface area contributed by atoms with E-state index in [4.69, 9.17) is 4.74 Å². The van der Waals surface area contributed by atoms with Crippen LogP contribution in [0.15, 0.2) is 41.3 Å². The molecule has 1 N–H and O–H groups in total.